The lowest BCUT2D eigenvalue weighted by atomic mass is 10.1. The highest BCUT2D eigenvalue weighted by molar-refractivity contribution is 6.33. The largest absolute Gasteiger partial charge is 0.389 e. The van der Waals surface area contributed by atoms with Gasteiger partial charge in [0.1, 0.15) is 0 Å². The van der Waals surface area contributed by atoms with Crippen molar-refractivity contribution in [3.63, 3.8) is 0 Å². The van der Waals surface area contributed by atoms with Crippen LogP contribution in [0, 0.1) is 6.92 Å². The van der Waals surface area contributed by atoms with Gasteiger partial charge in [-0.05, 0) is 37.1 Å². The zero-order valence-corrected chi connectivity index (χ0v) is 12.9. The van der Waals surface area contributed by atoms with E-state index < -0.39 is 6.10 Å². The maximum Gasteiger partial charge on any atom is 0.0762 e. The molecule has 1 atom stereocenters. The molecular formula is C17H20ClNO. The number of aryl methyl sites for hydroxylation is 1. The summed E-state index contributed by atoms with van der Waals surface area (Å²) in [5.41, 5.74) is 4.31. The van der Waals surface area contributed by atoms with Crippen molar-refractivity contribution in [2.24, 2.45) is 0 Å². The first kappa shape index (κ1) is 14.9. The summed E-state index contributed by atoms with van der Waals surface area (Å²) in [4.78, 5) is 2.11. The normalized spacial score (nSPS) is 12.2. The summed E-state index contributed by atoms with van der Waals surface area (Å²) in [5, 5.41) is 10.2. The van der Waals surface area contributed by atoms with Gasteiger partial charge in [-0.3, -0.25) is 0 Å². The third kappa shape index (κ3) is 3.53. The van der Waals surface area contributed by atoms with Crippen molar-refractivity contribution in [3.8, 4) is 0 Å². The van der Waals surface area contributed by atoms with Gasteiger partial charge in [-0.2, -0.15) is 0 Å². The van der Waals surface area contributed by atoms with Crippen LogP contribution in [0.2, 0.25) is 5.02 Å². The van der Waals surface area contributed by atoms with E-state index in [1.807, 2.05) is 25.2 Å². The van der Waals surface area contributed by atoms with E-state index in [1.165, 1.54) is 11.1 Å². The van der Waals surface area contributed by atoms with Gasteiger partial charge in [0.05, 0.1) is 16.8 Å². The van der Waals surface area contributed by atoms with E-state index in [-0.39, 0.29) is 0 Å². The van der Waals surface area contributed by atoms with Gasteiger partial charge in [0.2, 0.25) is 0 Å². The standard InChI is InChI=1S/C17H20ClNO/c1-12-5-4-6-14(9-12)11-19(3)17-8-7-15(13(2)20)10-16(17)18/h4-10,13,20H,11H2,1-3H3. The van der Waals surface area contributed by atoms with Crippen LogP contribution < -0.4 is 4.90 Å². The molecule has 0 aromatic heterocycles. The molecule has 0 amide bonds. The van der Waals surface area contributed by atoms with Crippen LogP contribution in [0.15, 0.2) is 42.5 Å². The lowest BCUT2D eigenvalue weighted by Crippen LogP contribution is -2.17. The Bertz CT molecular complexity index is 595. The summed E-state index contributed by atoms with van der Waals surface area (Å²) >= 11 is 6.31. The fourth-order valence-electron chi connectivity index (χ4n) is 2.26. The highest BCUT2D eigenvalue weighted by Gasteiger charge is 2.09. The molecule has 0 heterocycles. The molecule has 1 unspecified atom stereocenters. The molecular weight excluding hydrogens is 270 g/mol. The van der Waals surface area contributed by atoms with Gasteiger partial charge in [0.15, 0.2) is 0 Å². The molecule has 106 valence electrons. The Morgan fingerprint density at radius 2 is 1.95 bits per heavy atom. The monoisotopic (exact) mass is 289 g/mol. The minimum atomic E-state index is -0.497. The maximum absolute atomic E-state index is 9.57. The maximum atomic E-state index is 9.57. The number of aliphatic hydroxyl groups is 1. The zero-order valence-electron chi connectivity index (χ0n) is 12.1. The second-order valence-corrected chi connectivity index (χ2v) is 5.64. The van der Waals surface area contributed by atoms with E-state index in [0.29, 0.717) is 5.02 Å². The Labute approximate surface area is 125 Å². The van der Waals surface area contributed by atoms with E-state index in [1.54, 1.807) is 6.92 Å². The molecule has 2 aromatic rings. The van der Waals surface area contributed by atoms with E-state index >= 15 is 0 Å². The van der Waals surface area contributed by atoms with Gasteiger partial charge in [-0.1, -0.05) is 47.5 Å². The van der Waals surface area contributed by atoms with E-state index in [2.05, 4.69) is 36.1 Å². The lowest BCUT2D eigenvalue weighted by molar-refractivity contribution is 0.199. The molecule has 1 N–H and O–H groups in total. The summed E-state index contributed by atoms with van der Waals surface area (Å²) in [7, 11) is 2.02. The van der Waals surface area contributed by atoms with Crippen LogP contribution in [-0.2, 0) is 6.54 Å². The number of rotatable bonds is 4. The van der Waals surface area contributed by atoms with Crippen LogP contribution in [0.4, 0.5) is 5.69 Å². The number of anilines is 1. The van der Waals surface area contributed by atoms with Gasteiger partial charge in [0.25, 0.3) is 0 Å². The van der Waals surface area contributed by atoms with Crippen molar-refractivity contribution in [1.82, 2.24) is 0 Å². The second-order valence-electron chi connectivity index (χ2n) is 5.23. The molecule has 0 bridgehead atoms. The van der Waals surface area contributed by atoms with Crippen molar-refractivity contribution in [2.75, 3.05) is 11.9 Å². The fourth-order valence-corrected chi connectivity index (χ4v) is 2.60. The Kier molecular flexibility index (Phi) is 4.69. The summed E-state index contributed by atoms with van der Waals surface area (Å²) in [6.45, 7) is 4.63. The Morgan fingerprint density at radius 1 is 1.20 bits per heavy atom. The molecule has 0 saturated carbocycles. The molecule has 20 heavy (non-hydrogen) atoms. The van der Waals surface area contributed by atoms with Gasteiger partial charge < -0.3 is 10.0 Å². The third-order valence-electron chi connectivity index (χ3n) is 3.37. The molecule has 2 nitrogen and oxygen atoms in total. The second kappa shape index (κ2) is 6.29. The van der Waals surface area contributed by atoms with Gasteiger partial charge in [-0.25, -0.2) is 0 Å². The fraction of sp³-hybridized carbons (Fsp3) is 0.294. The van der Waals surface area contributed by atoms with Crippen LogP contribution >= 0.6 is 11.6 Å². The Balaban J connectivity index is 2.19. The summed E-state index contributed by atoms with van der Waals surface area (Å²) in [6.07, 6.45) is -0.497. The van der Waals surface area contributed by atoms with Crippen molar-refractivity contribution >= 4 is 17.3 Å². The number of hydrogen-bond donors (Lipinski definition) is 1. The molecule has 0 spiro atoms. The van der Waals surface area contributed by atoms with Crippen molar-refractivity contribution < 1.29 is 5.11 Å². The lowest BCUT2D eigenvalue weighted by Gasteiger charge is -2.22. The van der Waals surface area contributed by atoms with Crippen molar-refractivity contribution in [2.45, 2.75) is 26.5 Å². The summed E-state index contributed by atoms with van der Waals surface area (Å²) < 4.78 is 0. The SMILES string of the molecule is Cc1cccc(CN(C)c2ccc(C(C)O)cc2Cl)c1. The topological polar surface area (TPSA) is 23.5 Å². The highest BCUT2D eigenvalue weighted by atomic mass is 35.5. The van der Waals surface area contributed by atoms with E-state index in [0.717, 1.165) is 17.8 Å². The van der Waals surface area contributed by atoms with Crippen LogP contribution in [0.1, 0.15) is 29.7 Å². The number of aliphatic hydroxyl groups excluding tert-OH is 1. The third-order valence-corrected chi connectivity index (χ3v) is 3.67. The molecule has 0 aliphatic heterocycles. The minimum absolute atomic E-state index is 0.497. The molecule has 0 saturated heterocycles. The number of benzene rings is 2. The van der Waals surface area contributed by atoms with Crippen LogP contribution in [-0.4, -0.2) is 12.2 Å². The molecule has 3 heteroatoms. The average Bonchev–Trinajstić information content (AvgIpc) is 2.38. The first-order valence-corrected chi connectivity index (χ1v) is 7.09. The van der Waals surface area contributed by atoms with Crippen molar-refractivity contribution in [3.05, 3.63) is 64.2 Å². The van der Waals surface area contributed by atoms with Gasteiger partial charge in [-0.15, -0.1) is 0 Å². The smallest absolute Gasteiger partial charge is 0.0762 e. The number of nitrogens with zero attached hydrogens (tertiary/aromatic N) is 1. The molecule has 0 aliphatic rings. The van der Waals surface area contributed by atoms with E-state index in [9.17, 15) is 5.11 Å². The highest BCUT2D eigenvalue weighted by Crippen LogP contribution is 2.29. The first-order valence-electron chi connectivity index (χ1n) is 6.71. The zero-order chi connectivity index (χ0) is 14.7. The molecule has 2 aromatic carbocycles. The molecule has 0 radical (unpaired) electrons. The van der Waals surface area contributed by atoms with Crippen LogP contribution in [0.3, 0.4) is 0 Å². The molecule has 0 fully saturated rings. The minimum Gasteiger partial charge on any atom is -0.389 e. The summed E-state index contributed by atoms with van der Waals surface area (Å²) in [6, 6.07) is 14.1. The van der Waals surface area contributed by atoms with Gasteiger partial charge in [0, 0.05) is 13.6 Å². The molecule has 2 rings (SSSR count). The van der Waals surface area contributed by atoms with Crippen LogP contribution in [0.5, 0.6) is 0 Å². The number of hydrogen-bond acceptors (Lipinski definition) is 2. The predicted octanol–water partition coefficient (Wildman–Crippen LogP) is 4.34. The van der Waals surface area contributed by atoms with Crippen LogP contribution in [0.25, 0.3) is 0 Å². The Morgan fingerprint density at radius 3 is 2.55 bits per heavy atom. The summed E-state index contributed by atoms with van der Waals surface area (Å²) in [5.74, 6) is 0. The van der Waals surface area contributed by atoms with Crippen molar-refractivity contribution in [1.29, 1.82) is 0 Å². The Hall–Kier alpha value is -1.51. The molecule has 0 aliphatic carbocycles. The quantitative estimate of drug-likeness (QED) is 0.905. The number of halogens is 1. The van der Waals surface area contributed by atoms with E-state index in [4.69, 9.17) is 11.6 Å². The van der Waals surface area contributed by atoms with Gasteiger partial charge >= 0.3 is 0 Å². The first-order chi connectivity index (χ1) is 9.47. The predicted molar refractivity (Wildman–Crippen MR) is 85.4 cm³/mol. The average molecular weight is 290 g/mol.